The maximum atomic E-state index is 12.4. The van der Waals surface area contributed by atoms with Crippen LogP contribution in [0.4, 0.5) is 0 Å². The molecule has 1 atom stereocenters. The molecule has 1 unspecified atom stereocenters. The lowest BCUT2D eigenvalue weighted by atomic mass is 10.1. The molecule has 0 radical (unpaired) electrons. The topological polar surface area (TPSA) is 51.7 Å². The van der Waals surface area contributed by atoms with Crippen LogP contribution in [0.2, 0.25) is 0 Å². The van der Waals surface area contributed by atoms with Crippen molar-refractivity contribution in [3.05, 3.63) is 53.7 Å². The van der Waals surface area contributed by atoms with Crippen LogP contribution in [0.3, 0.4) is 0 Å². The Morgan fingerprint density at radius 2 is 2.04 bits per heavy atom. The van der Waals surface area contributed by atoms with E-state index in [9.17, 15) is 4.79 Å². The van der Waals surface area contributed by atoms with Gasteiger partial charge in [0.15, 0.2) is 0 Å². The molecule has 5 heteroatoms. The van der Waals surface area contributed by atoms with E-state index in [1.807, 2.05) is 48.2 Å². The second-order valence-electron chi connectivity index (χ2n) is 6.07. The Morgan fingerprint density at radius 3 is 2.71 bits per heavy atom. The van der Waals surface area contributed by atoms with Crippen LogP contribution in [0, 0.1) is 6.92 Å². The molecular formula is C19H22N2O3. The third-order valence-electron chi connectivity index (χ3n) is 4.18. The van der Waals surface area contributed by atoms with E-state index in [0.29, 0.717) is 18.8 Å². The summed E-state index contributed by atoms with van der Waals surface area (Å²) in [7, 11) is 1.63. The van der Waals surface area contributed by atoms with Crippen LogP contribution in [0.5, 0.6) is 11.6 Å². The molecule has 24 heavy (non-hydrogen) atoms. The SMILES string of the molecule is COc1ccc(CC(=O)N2CCC(Oc3ccc(C)cn3)C2)cc1. The second kappa shape index (κ2) is 7.34. The minimum absolute atomic E-state index is 0.0139. The van der Waals surface area contributed by atoms with Crippen LogP contribution in [0.25, 0.3) is 0 Å². The summed E-state index contributed by atoms with van der Waals surface area (Å²) in [4.78, 5) is 18.6. The highest BCUT2D eigenvalue weighted by molar-refractivity contribution is 5.79. The summed E-state index contributed by atoms with van der Waals surface area (Å²) in [6.07, 6.45) is 3.04. The summed E-state index contributed by atoms with van der Waals surface area (Å²) in [5.74, 6) is 1.55. The van der Waals surface area contributed by atoms with Gasteiger partial charge in [-0.25, -0.2) is 4.98 Å². The van der Waals surface area contributed by atoms with Crippen LogP contribution in [-0.4, -0.2) is 42.1 Å². The Labute approximate surface area is 142 Å². The van der Waals surface area contributed by atoms with Crippen molar-refractivity contribution in [2.75, 3.05) is 20.2 Å². The molecule has 1 amide bonds. The number of aryl methyl sites for hydroxylation is 1. The minimum Gasteiger partial charge on any atom is -0.497 e. The van der Waals surface area contributed by atoms with Crippen molar-refractivity contribution in [2.45, 2.75) is 25.9 Å². The molecular weight excluding hydrogens is 304 g/mol. The monoisotopic (exact) mass is 326 g/mol. The minimum atomic E-state index is 0.0139. The lowest BCUT2D eigenvalue weighted by Crippen LogP contribution is -2.32. The van der Waals surface area contributed by atoms with Gasteiger partial charge in [-0.3, -0.25) is 4.79 Å². The lowest BCUT2D eigenvalue weighted by Gasteiger charge is -2.17. The fourth-order valence-electron chi connectivity index (χ4n) is 2.78. The fraction of sp³-hybridized carbons (Fsp3) is 0.368. The third kappa shape index (κ3) is 4.04. The number of amides is 1. The van der Waals surface area contributed by atoms with Gasteiger partial charge in [-0.1, -0.05) is 18.2 Å². The molecule has 5 nitrogen and oxygen atoms in total. The van der Waals surface area contributed by atoms with E-state index < -0.39 is 0 Å². The Hall–Kier alpha value is -2.56. The molecule has 0 aliphatic carbocycles. The number of nitrogens with zero attached hydrogens (tertiary/aromatic N) is 2. The average molecular weight is 326 g/mol. The quantitative estimate of drug-likeness (QED) is 0.847. The molecule has 1 aliphatic rings. The molecule has 2 aromatic rings. The van der Waals surface area contributed by atoms with Crippen LogP contribution < -0.4 is 9.47 Å². The molecule has 0 N–H and O–H groups in total. The first-order chi connectivity index (χ1) is 11.6. The average Bonchev–Trinajstić information content (AvgIpc) is 3.06. The molecule has 0 bridgehead atoms. The maximum Gasteiger partial charge on any atom is 0.227 e. The largest absolute Gasteiger partial charge is 0.497 e. The first-order valence-corrected chi connectivity index (χ1v) is 8.14. The smallest absolute Gasteiger partial charge is 0.227 e. The zero-order valence-corrected chi connectivity index (χ0v) is 14.1. The van der Waals surface area contributed by atoms with Crippen LogP contribution in [0.1, 0.15) is 17.5 Å². The lowest BCUT2D eigenvalue weighted by molar-refractivity contribution is -0.129. The van der Waals surface area contributed by atoms with Gasteiger partial charge in [0, 0.05) is 25.2 Å². The summed E-state index contributed by atoms with van der Waals surface area (Å²) >= 11 is 0. The third-order valence-corrected chi connectivity index (χ3v) is 4.18. The molecule has 0 saturated carbocycles. The van der Waals surface area contributed by atoms with Crippen molar-refractivity contribution < 1.29 is 14.3 Å². The van der Waals surface area contributed by atoms with Crippen molar-refractivity contribution in [2.24, 2.45) is 0 Å². The molecule has 126 valence electrons. The van der Waals surface area contributed by atoms with E-state index >= 15 is 0 Å². The number of benzene rings is 1. The maximum absolute atomic E-state index is 12.4. The zero-order valence-electron chi connectivity index (χ0n) is 14.1. The predicted octanol–water partition coefficient (Wildman–Crippen LogP) is 2.62. The van der Waals surface area contributed by atoms with Crippen molar-refractivity contribution in [3.63, 3.8) is 0 Å². The molecule has 3 rings (SSSR count). The number of likely N-dealkylation sites (tertiary alicyclic amines) is 1. The summed E-state index contributed by atoms with van der Waals surface area (Å²) in [5, 5.41) is 0. The van der Waals surface area contributed by atoms with Gasteiger partial charge in [0.05, 0.1) is 20.1 Å². The van der Waals surface area contributed by atoms with Crippen molar-refractivity contribution in [3.8, 4) is 11.6 Å². The van der Waals surface area contributed by atoms with E-state index in [1.165, 1.54) is 0 Å². The van der Waals surface area contributed by atoms with Crippen molar-refractivity contribution in [1.29, 1.82) is 0 Å². The molecule has 1 fully saturated rings. The number of carbonyl (C=O) groups excluding carboxylic acids is 1. The summed E-state index contributed by atoms with van der Waals surface area (Å²) < 4.78 is 11.0. The van der Waals surface area contributed by atoms with Crippen LogP contribution in [-0.2, 0) is 11.2 Å². The number of ether oxygens (including phenoxy) is 2. The number of rotatable bonds is 5. The molecule has 2 heterocycles. The Bertz CT molecular complexity index is 683. The number of hydrogen-bond donors (Lipinski definition) is 0. The van der Waals surface area contributed by atoms with Gasteiger partial charge in [0.1, 0.15) is 11.9 Å². The van der Waals surface area contributed by atoms with Crippen LogP contribution >= 0.6 is 0 Å². The summed E-state index contributed by atoms with van der Waals surface area (Å²) in [6, 6.07) is 11.5. The Kier molecular flexibility index (Phi) is 4.99. The number of pyridine rings is 1. The predicted molar refractivity (Wildman–Crippen MR) is 91.3 cm³/mol. The van der Waals surface area contributed by atoms with Crippen LogP contribution in [0.15, 0.2) is 42.6 Å². The standard InChI is InChI=1S/C19H22N2O3/c1-14-3-8-18(20-12-14)24-17-9-10-21(13-17)19(22)11-15-4-6-16(23-2)7-5-15/h3-8,12,17H,9-11,13H2,1-2H3. The van der Waals surface area contributed by atoms with Gasteiger partial charge in [0.25, 0.3) is 0 Å². The second-order valence-corrected chi connectivity index (χ2v) is 6.07. The molecule has 1 aromatic heterocycles. The zero-order chi connectivity index (χ0) is 16.9. The fourth-order valence-corrected chi connectivity index (χ4v) is 2.78. The van der Waals surface area contributed by atoms with Gasteiger partial charge < -0.3 is 14.4 Å². The van der Waals surface area contributed by atoms with E-state index in [1.54, 1.807) is 13.3 Å². The van der Waals surface area contributed by atoms with Gasteiger partial charge in [-0.15, -0.1) is 0 Å². The van der Waals surface area contributed by atoms with Crippen molar-refractivity contribution in [1.82, 2.24) is 9.88 Å². The first-order valence-electron chi connectivity index (χ1n) is 8.14. The molecule has 0 spiro atoms. The highest BCUT2D eigenvalue weighted by atomic mass is 16.5. The van der Waals surface area contributed by atoms with Crippen molar-refractivity contribution >= 4 is 5.91 Å². The Balaban J connectivity index is 1.52. The highest BCUT2D eigenvalue weighted by Gasteiger charge is 2.27. The summed E-state index contributed by atoms with van der Waals surface area (Å²) in [5.41, 5.74) is 2.09. The van der Waals surface area contributed by atoms with Gasteiger partial charge in [-0.05, 0) is 30.2 Å². The summed E-state index contributed by atoms with van der Waals surface area (Å²) in [6.45, 7) is 3.34. The normalized spacial score (nSPS) is 16.9. The van der Waals surface area contributed by atoms with Gasteiger partial charge in [0.2, 0.25) is 11.8 Å². The molecule has 1 saturated heterocycles. The number of carbonyl (C=O) groups is 1. The first kappa shape index (κ1) is 16.3. The number of methoxy groups -OCH3 is 1. The number of hydrogen-bond acceptors (Lipinski definition) is 4. The van der Waals surface area contributed by atoms with E-state index in [-0.39, 0.29) is 12.0 Å². The molecule has 1 aromatic carbocycles. The number of aromatic nitrogens is 1. The van der Waals surface area contributed by atoms with E-state index in [4.69, 9.17) is 9.47 Å². The molecule has 1 aliphatic heterocycles. The van der Waals surface area contributed by atoms with E-state index in [0.717, 1.165) is 29.8 Å². The Morgan fingerprint density at radius 1 is 1.25 bits per heavy atom. The van der Waals surface area contributed by atoms with E-state index in [2.05, 4.69) is 4.98 Å². The van der Waals surface area contributed by atoms with Gasteiger partial charge >= 0.3 is 0 Å². The van der Waals surface area contributed by atoms with Gasteiger partial charge in [-0.2, -0.15) is 0 Å². The highest BCUT2D eigenvalue weighted by Crippen LogP contribution is 2.18.